The Morgan fingerprint density at radius 2 is 2.24 bits per heavy atom. The van der Waals surface area contributed by atoms with Gasteiger partial charge in [-0.25, -0.2) is 4.98 Å². The van der Waals surface area contributed by atoms with Gasteiger partial charge >= 0.3 is 0 Å². The van der Waals surface area contributed by atoms with Crippen LogP contribution in [0.5, 0.6) is 0 Å². The lowest BCUT2D eigenvalue weighted by Gasteiger charge is -2.19. The van der Waals surface area contributed by atoms with Gasteiger partial charge in [0.2, 0.25) is 5.91 Å². The molecule has 0 aliphatic carbocycles. The first kappa shape index (κ1) is 13.9. The third-order valence-corrected chi connectivity index (χ3v) is 4.30. The highest BCUT2D eigenvalue weighted by Gasteiger charge is 2.33. The Morgan fingerprint density at radius 1 is 1.43 bits per heavy atom. The summed E-state index contributed by atoms with van der Waals surface area (Å²) in [7, 11) is 0. The monoisotopic (exact) mass is 302 g/mol. The molecule has 2 heterocycles. The van der Waals surface area contributed by atoms with Gasteiger partial charge in [0.15, 0.2) is 17.3 Å². The number of benzene rings is 1. The van der Waals surface area contributed by atoms with E-state index >= 15 is 0 Å². The molecule has 0 N–H and O–H groups in total. The summed E-state index contributed by atoms with van der Waals surface area (Å²) in [4.78, 5) is 29.1. The molecule has 1 unspecified atom stereocenters. The van der Waals surface area contributed by atoms with E-state index in [1.165, 1.54) is 25.1 Å². The van der Waals surface area contributed by atoms with Crippen LogP contribution in [0.25, 0.3) is 11.3 Å². The lowest BCUT2D eigenvalue weighted by atomic mass is 10.1. The number of aromatic nitrogens is 1. The Kier molecular flexibility index (Phi) is 3.79. The third-order valence-electron chi connectivity index (χ3n) is 3.31. The molecule has 21 heavy (non-hydrogen) atoms. The van der Waals surface area contributed by atoms with E-state index in [1.54, 1.807) is 11.1 Å². The summed E-state index contributed by atoms with van der Waals surface area (Å²) in [6.45, 7) is 2.06. The van der Waals surface area contributed by atoms with E-state index in [-0.39, 0.29) is 16.3 Å². The molecule has 1 saturated heterocycles. The van der Waals surface area contributed by atoms with Crippen LogP contribution in [0.15, 0.2) is 41.3 Å². The molecule has 0 spiro atoms. The van der Waals surface area contributed by atoms with Crippen molar-refractivity contribution in [1.29, 1.82) is 0 Å². The maximum Gasteiger partial charge on any atom is 0.228 e. The van der Waals surface area contributed by atoms with Crippen LogP contribution in [0.3, 0.4) is 0 Å². The number of nitrogens with zero attached hydrogens (tertiary/aromatic N) is 2. The predicted octanol–water partition coefficient (Wildman–Crippen LogP) is 2.73. The van der Waals surface area contributed by atoms with Gasteiger partial charge in [0.05, 0.1) is 11.9 Å². The van der Waals surface area contributed by atoms with E-state index in [0.29, 0.717) is 18.7 Å². The Hall–Kier alpha value is -2.08. The van der Waals surface area contributed by atoms with E-state index < -0.39 is 0 Å². The zero-order valence-electron chi connectivity index (χ0n) is 11.5. The minimum absolute atomic E-state index is 0.0118. The molecule has 6 heteroatoms. The van der Waals surface area contributed by atoms with Gasteiger partial charge in [-0.15, -0.1) is 0 Å². The van der Waals surface area contributed by atoms with Crippen molar-refractivity contribution >= 4 is 28.5 Å². The van der Waals surface area contributed by atoms with E-state index in [4.69, 9.17) is 4.42 Å². The fourth-order valence-corrected chi connectivity index (χ4v) is 3.41. The van der Waals surface area contributed by atoms with Gasteiger partial charge in [-0.3, -0.25) is 9.59 Å². The van der Waals surface area contributed by atoms with Crippen LogP contribution in [-0.4, -0.2) is 27.8 Å². The van der Waals surface area contributed by atoms with Gasteiger partial charge in [-0.1, -0.05) is 23.9 Å². The SMILES string of the molecule is CC(=O)SC1CC(=O)N(c2ccccc2-c2cnco2)C1. The molecule has 0 saturated carbocycles. The second-order valence-electron chi connectivity index (χ2n) is 4.82. The molecule has 1 fully saturated rings. The van der Waals surface area contributed by atoms with Gasteiger partial charge in [0, 0.05) is 30.7 Å². The van der Waals surface area contributed by atoms with Crippen LogP contribution < -0.4 is 4.90 Å². The van der Waals surface area contributed by atoms with Gasteiger partial charge in [0.1, 0.15) is 0 Å². The third kappa shape index (κ3) is 2.85. The largest absolute Gasteiger partial charge is 0.443 e. The highest BCUT2D eigenvalue weighted by atomic mass is 32.2. The van der Waals surface area contributed by atoms with Crippen LogP contribution in [0, 0.1) is 0 Å². The van der Waals surface area contributed by atoms with E-state index in [1.807, 2.05) is 24.3 Å². The van der Waals surface area contributed by atoms with Gasteiger partial charge in [0.25, 0.3) is 0 Å². The molecule has 1 aliphatic heterocycles. The molecule has 5 nitrogen and oxygen atoms in total. The number of anilines is 1. The average molecular weight is 302 g/mol. The number of amides is 1. The molecule has 1 aromatic heterocycles. The number of thioether (sulfide) groups is 1. The van der Waals surface area contributed by atoms with Crippen molar-refractivity contribution in [3.63, 3.8) is 0 Å². The molecule has 108 valence electrons. The molecular weight excluding hydrogens is 288 g/mol. The van der Waals surface area contributed by atoms with Crippen molar-refractivity contribution in [1.82, 2.24) is 4.98 Å². The Bertz CT molecular complexity index is 669. The molecule has 2 aromatic rings. The fourth-order valence-electron chi connectivity index (χ4n) is 2.49. The highest BCUT2D eigenvalue weighted by Crippen LogP contribution is 2.35. The van der Waals surface area contributed by atoms with Crippen molar-refractivity contribution in [3.05, 3.63) is 36.9 Å². The molecule has 3 rings (SSSR count). The van der Waals surface area contributed by atoms with Crippen molar-refractivity contribution in [2.45, 2.75) is 18.6 Å². The van der Waals surface area contributed by atoms with Crippen LogP contribution in [0.2, 0.25) is 0 Å². The summed E-state index contributed by atoms with van der Waals surface area (Å²) >= 11 is 1.23. The van der Waals surface area contributed by atoms with E-state index in [9.17, 15) is 9.59 Å². The lowest BCUT2D eigenvalue weighted by molar-refractivity contribution is -0.117. The quantitative estimate of drug-likeness (QED) is 0.872. The number of para-hydroxylation sites is 1. The first-order valence-electron chi connectivity index (χ1n) is 6.60. The second kappa shape index (κ2) is 5.73. The Morgan fingerprint density at radius 3 is 2.95 bits per heavy atom. The smallest absolute Gasteiger partial charge is 0.228 e. The van der Waals surface area contributed by atoms with Crippen LogP contribution in [0.1, 0.15) is 13.3 Å². The number of carbonyl (C=O) groups excluding carboxylic acids is 2. The number of hydrogen-bond donors (Lipinski definition) is 0. The summed E-state index contributed by atoms with van der Waals surface area (Å²) in [6, 6.07) is 7.56. The Labute approximate surface area is 126 Å². The highest BCUT2D eigenvalue weighted by molar-refractivity contribution is 8.14. The summed E-state index contributed by atoms with van der Waals surface area (Å²) < 4.78 is 5.34. The molecule has 1 aliphatic rings. The summed E-state index contributed by atoms with van der Waals surface area (Å²) in [5.41, 5.74) is 1.63. The summed E-state index contributed by atoms with van der Waals surface area (Å²) in [6.07, 6.45) is 3.38. The maximum atomic E-state index is 12.2. The normalized spacial score (nSPS) is 18.2. The van der Waals surface area contributed by atoms with E-state index in [2.05, 4.69) is 4.98 Å². The first-order chi connectivity index (χ1) is 10.1. The van der Waals surface area contributed by atoms with Gasteiger partial charge < -0.3 is 9.32 Å². The zero-order valence-corrected chi connectivity index (χ0v) is 12.3. The molecule has 0 bridgehead atoms. The second-order valence-corrected chi connectivity index (χ2v) is 6.30. The van der Waals surface area contributed by atoms with Crippen LogP contribution >= 0.6 is 11.8 Å². The van der Waals surface area contributed by atoms with Crippen LogP contribution in [-0.2, 0) is 9.59 Å². The summed E-state index contributed by atoms with van der Waals surface area (Å²) in [5.74, 6) is 0.654. The molecule has 1 amide bonds. The molecular formula is C15H14N2O3S. The predicted molar refractivity (Wildman–Crippen MR) is 81.0 cm³/mol. The topological polar surface area (TPSA) is 63.4 Å². The summed E-state index contributed by atoms with van der Waals surface area (Å²) in [5, 5.41) is 0.0518. The lowest BCUT2D eigenvalue weighted by Crippen LogP contribution is -2.25. The average Bonchev–Trinajstić information content (AvgIpc) is 3.08. The van der Waals surface area contributed by atoms with Crippen molar-refractivity contribution in [2.24, 2.45) is 0 Å². The zero-order chi connectivity index (χ0) is 14.8. The molecule has 1 aromatic carbocycles. The standard InChI is InChI=1S/C15H14N2O3S/c1-10(18)21-11-6-15(19)17(8-11)13-5-3-2-4-12(13)14-7-16-9-20-14/h2-5,7,9,11H,6,8H2,1H3. The van der Waals surface area contributed by atoms with Gasteiger partial charge in [-0.05, 0) is 12.1 Å². The van der Waals surface area contributed by atoms with E-state index in [0.717, 1.165) is 11.3 Å². The minimum atomic E-state index is 0.0118. The number of hydrogen-bond acceptors (Lipinski definition) is 5. The fraction of sp³-hybridized carbons (Fsp3) is 0.267. The number of carbonyl (C=O) groups is 2. The molecule has 1 atom stereocenters. The maximum absolute atomic E-state index is 12.2. The number of oxazole rings is 1. The number of rotatable bonds is 3. The van der Waals surface area contributed by atoms with Crippen molar-refractivity contribution < 1.29 is 14.0 Å². The minimum Gasteiger partial charge on any atom is -0.443 e. The van der Waals surface area contributed by atoms with Gasteiger partial charge in [-0.2, -0.15) is 0 Å². The first-order valence-corrected chi connectivity index (χ1v) is 7.48. The van der Waals surface area contributed by atoms with Crippen molar-refractivity contribution in [3.8, 4) is 11.3 Å². The molecule has 0 radical (unpaired) electrons. The van der Waals surface area contributed by atoms with Crippen LogP contribution in [0.4, 0.5) is 5.69 Å². The Balaban J connectivity index is 1.91. The van der Waals surface area contributed by atoms with Crippen molar-refractivity contribution in [2.75, 3.05) is 11.4 Å².